The normalized spacial score (nSPS) is 13.3. The number of rotatable bonds is 2. The van der Waals surface area contributed by atoms with Crippen LogP contribution in [-0.4, -0.2) is 6.18 Å². The Balaban J connectivity index is 2.75. The van der Waals surface area contributed by atoms with Gasteiger partial charge in [-0.2, -0.15) is 18.4 Å². The third-order valence-electron chi connectivity index (χ3n) is 1.81. The largest absolute Gasteiger partial charge is 0.390 e. The van der Waals surface area contributed by atoms with Crippen molar-refractivity contribution in [1.82, 2.24) is 0 Å². The molecule has 1 aromatic carbocycles. The zero-order valence-electron chi connectivity index (χ0n) is 7.55. The molecule has 0 aromatic heterocycles. The van der Waals surface area contributed by atoms with Crippen LogP contribution >= 0.6 is 11.6 Å². The highest BCUT2D eigenvalue weighted by atomic mass is 35.5. The van der Waals surface area contributed by atoms with Crippen LogP contribution in [0.15, 0.2) is 24.3 Å². The molecule has 80 valence electrons. The Labute approximate surface area is 90.1 Å². The molecule has 0 aliphatic carbocycles. The Morgan fingerprint density at radius 2 is 1.80 bits per heavy atom. The number of hydrogen-bond acceptors (Lipinski definition) is 1. The number of hydrogen-bond donors (Lipinski definition) is 0. The van der Waals surface area contributed by atoms with Crippen molar-refractivity contribution in [1.29, 1.82) is 5.26 Å². The summed E-state index contributed by atoms with van der Waals surface area (Å²) in [4.78, 5) is 0. The summed E-state index contributed by atoms with van der Waals surface area (Å²) in [7, 11) is 0. The summed E-state index contributed by atoms with van der Waals surface area (Å²) in [5.74, 6) is 0. The zero-order chi connectivity index (χ0) is 11.5. The molecule has 1 unspecified atom stereocenters. The van der Waals surface area contributed by atoms with Gasteiger partial charge >= 0.3 is 6.18 Å². The molecule has 0 aliphatic rings. The lowest BCUT2D eigenvalue weighted by molar-refractivity contribution is -0.134. The fraction of sp³-hybridized carbons (Fsp3) is 0.300. The quantitative estimate of drug-likeness (QED) is 0.713. The fourth-order valence-corrected chi connectivity index (χ4v) is 1.41. The topological polar surface area (TPSA) is 23.8 Å². The summed E-state index contributed by atoms with van der Waals surface area (Å²) in [5.41, 5.74) is 0.766. The van der Waals surface area contributed by atoms with Gasteiger partial charge in [-0.25, -0.2) is 0 Å². The zero-order valence-corrected chi connectivity index (χ0v) is 8.31. The van der Waals surface area contributed by atoms with Crippen LogP contribution in [0.25, 0.3) is 0 Å². The van der Waals surface area contributed by atoms with E-state index in [2.05, 4.69) is 0 Å². The van der Waals surface area contributed by atoms with Gasteiger partial charge in [-0.1, -0.05) is 12.1 Å². The fourth-order valence-electron chi connectivity index (χ4n) is 1.09. The van der Waals surface area contributed by atoms with E-state index in [4.69, 9.17) is 16.9 Å². The van der Waals surface area contributed by atoms with Gasteiger partial charge in [0.05, 0.1) is 23.4 Å². The summed E-state index contributed by atoms with van der Waals surface area (Å²) in [6.45, 7) is 0. The van der Waals surface area contributed by atoms with Crippen LogP contribution in [0.4, 0.5) is 13.2 Å². The first-order valence-corrected chi connectivity index (χ1v) is 4.57. The molecule has 1 atom stereocenters. The lowest BCUT2D eigenvalue weighted by Crippen LogP contribution is -2.10. The van der Waals surface area contributed by atoms with Crippen LogP contribution in [0.3, 0.4) is 0 Å². The van der Waals surface area contributed by atoms with E-state index < -0.39 is 18.0 Å². The van der Waals surface area contributed by atoms with Crippen LogP contribution < -0.4 is 0 Å². The monoisotopic (exact) mass is 233 g/mol. The van der Waals surface area contributed by atoms with Crippen molar-refractivity contribution in [3.05, 3.63) is 35.4 Å². The number of alkyl halides is 4. The molecule has 0 fully saturated rings. The van der Waals surface area contributed by atoms with E-state index in [1.54, 1.807) is 0 Å². The van der Waals surface area contributed by atoms with Gasteiger partial charge in [0, 0.05) is 0 Å². The van der Waals surface area contributed by atoms with Gasteiger partial charge < -0.3 is 0 Å². The third kappa shape index (κ3) is 3.80. The first-order valence-electron chi connectivity index (χ1n) is 4.13. The van der Waals surface area contributed by atoms with Crippen molar-refractivity contribution in [2.45, 2.75) is 18.0 Å². The predicted octanol–water partition coefficient (Wildman–Crippen LogP) is 3.79. The van der Waals surface area contributed by atoms with Gasteiger partial charge in [0.1, 0.15) is 0 Å². The second-order valence-electron chi connectivity index (χ2n) is 3.02. The van der Waals surface area contributed by atoms with Crippen molar-refractivity contribution in [3.63, 3.8) is 0 Å². The molecule has 1 nitrogen and oxygen atoms in total. The maximum atomic E-state index is 12.0. The van der Waals surface area contributed by atoms with Gasteiger partial charge in [-0.3, -0.25) is 0 Å². The molecule has 0 saturated carbocycles. The Hall–Kier alpha value is -1.21. The Bertz CT molecular complexity index is 364. The van der Waals surface area contributed by atoms with Gasteiger partial charge in [0.25, 0.3) is 0 Å². The van der Waals surface area contributed by atoms with E-state index in [0.29, 0.717) is 11.1 Å². The molecule has 0 spiro atoms. The van der Waals surface area contributed by atoms with Crippen molar-refractivity contribution in [2.75, 3.05) is 0 Å². The van der Waals surface area contributed by atoms with Crippen LogP contribution in [-0.2, 0) is 0 Å². The predicted molar refractivity (Wildman–Crippen MR) is 50.4 cm³/mol. The van der Waals surface area contributed by atoms with Gasteiger partial charge in [-0.15, -0.1) is 11.6 Å². The summed E-state index contributed by atoms with van der Waals surface area (Å²) < 4.78 is 36.0. The molecule has 5 heteroatoms. The van der Waals surface area contributed by atoms with Gasteiger partial charge in [0.15, 0.2) is 0 Å². The van der Waals surface area contributed by atoms with Crippen LogP contribution in [0.1, 0.15) is 22.9 Å². The van der Waals surface area contributed by atoms with Crippen molar-refractivity contribution in [3.8, 4) is 6.07 Å². The highest BCUT2D eigenvalue weighted by Crippen LogP contribution is 2.33. The smallest absolute Gasteiger partial charge is 0.192 e. The number of benzene rings is 1. The molecule has 0 radical (unpaired) electrons. The van der Waals surface area contributed by atoms with E-state index in [-0.39, 0.29) is 0 Å². The maximum Gasteiger partial charge on any atom is 0.390 e. The average molecular weight is 234 g/mol. The third-order valence-corrected chi connectivity index (χ3v) is 2.22. The summed E-state index contributed by atoms with van der Waals surface area (Å²) >= 11 is 5.58. The SMILES string of the molecule is N#Cc1ccc(C(Cl)CC(F)(F)F)cc1. The molecule has 0 aliphatic heterocycles. The Kier molecular flexibility index (Phi) is 3.59. The lowest BCUT2D eigenvalue weighted by atomic mass is 10.1. The molecule has 0 saturated heterocycles. The lowest BCUT2D eigenvalue weighted by Gasteiger charge is -2.12. The molecule has 0 bridgehead atoms. The Morgan fingerprint density at radius 1 is 1.27 bits per heavy atom. The highest BCUT2D eigenvalue weighted by Gasteiger charge is 2.31. The second kappa shape index (κ2) is 4.54. The molecular formula is C10H7ClF3N. The number of nitriles is 1. The minimum atomic E-state index is -4.28. The van der Waals surface area contributed by atoms with E-state index >= 15 is 0 Å². The van der Waals surface area contributed by atoms with Gasteiger partial charge in [0.2, 0.25) is 0 Å². The van der Waals surface area contributed by atoms with Crippen LogP contribution in [0.5, 0.6) is 0 Å². The minimum Gasteiger partial charge on any atom is -0.192 e. The standard InChI is InChI=1S/C10H7ClF3N/c11-9(5-10(12,13)14)8-3-1-7(6-15)2-4-8/h1-4,9H,5H2. The highest BCUT2D eigenvalue weighted by molar-refractivity contribution is 6.20. The maximum absolute atomic E-state index is 12.0. The molecular weight excluding hydrogens is 227 g/mol. The molecule has 0 heterocycles. The summed E-state index contributed by atoms with van der Waals surface area (Å²) in [6, 6.07) is 7.63. The van der Waals surface area contributed by atoms with Gasteiger partial charge in [-0.05, 0) is 17.7 Å². The van der Waals surface area contributed by atoms with Crippen molar-refractivity contribution in [2.24, 2.45) is 0 Å². The van der Waals surface area contributed by atoms with Crippen LogP contribution in [0.2, 0.25) is 0 Å². The van der Waals surface area contributed by atoms with E-state index in [0.717, 1.165) is 0 Å². The van der Waals surface area contributed by atoms with Crippen molar-refractivity contribution >= 4 is 11.6 Å². The van der Waals surface area contributed by atoms with Crippen molar-refractivity contribution < 1.29 is 13.2 Å². The molecule has 0 amide bonds. The van der Waals surface area contributed by atoms with E-state index in [1.165, 1.54) is 24.3 Å². The second-order valence-corrected chi connectivity index (χ2v) is 3.55. The number of nitrogens with zero attached hydrogens (tertiary/aromatic N) is 1. The molecule has 1 aromatic rings. The first-order chi connectivity index (χ1) is 6.92. The summed E-state index contributed by atoms with van der Waals surface area (Å²) in [6.07, 6.45) is -5.35. The average Bonchev–Trinajstić information content (AvgIpc) is 2.15. The van der Waals surface area contributed by atoms with E-state index in [9.17, 15) is 13.2 Å². The molecule has 0 N–H and O–H groups in total. The van der Waals surface area contributed by atoms with Crippen LogP contribution in [0, 0.1) is 11.3 Å². The minimum absolute atomic E-state index is 0.369. The first kappa shape index (κ1) is 11.9. The molecule has 15 heavy (non-hydrogen) atoms. The van der Waals surface area contributed by atoms with E-state index in [1.807, 2.05) is 6.07 Å². The molecule has 1 rings (SSSR count). The number of halogens is 4. The Morgan fingerprint density at radius 3 is 2.20 bits per heavy atom. The summed E-state index contributed by atoms with van der Waals surface area (Å²) in [5, 5.41) is 7.39.